The largest absolute Gasteiger partial charge is 0.375 e. The second-order valence-electron chi connectivity index (χ2n) is 4.99. The fraction of sp³-hybridized carbons (Fsp3) is 0.533. The van der Waals surface area contributed by atoms with Gasteiger partial charge in [-0.3, -0.25) is 4.79 Å². The van der Waals surface area contributed by atoms with E-state index in [0.717, 1.165) is 13.1 Å². The SMILES string of the molecule is Cc1cccc(C)c1CC(=O)CC1CNCCO1. The Morgan fingerprint density at radius 3 is 2.72 bits per heavy atom. The monoisotopic (exact) mass is 247 g/mol. The van der Waals surface area contributed by atoms with Crippen LogP contribution in [0.4, 0.5) is 0 Å². The number of hydrogen-bond acceptors (Lipinski definition) is 3. The van der Waals surface area contributed by atoms with Crippen molar-refractivity contribution in [1.29, 1.82) is 0 Å². The maximum atomic E-state index is 12.1. The van der Waals surface area contributed by atoms with Crippen molar-refractivity contribution in [3.8, 4) is 0 Å². The third kappa shape index (κ3) is 3.40. The minimum atomic E-state index is 0.0515. The molecule has 1 atom stereocenters. The van der Waals surface area contributed by atoms with E-state index < -0.39 is 0 Å². The van der Waals surface area contributed by atoms with Gasteiger partial charge in [0.2, 0.25) is 0 Å². The summed E-state index contributed by atoms with van der Waals surface area (Å²) in [7, 11) is 0. The lowest BCUT2D eigenvalue weighted by Gasteiger charge is -2.23. The Bertz CT molecular complexity index is 402. The second kappa shape index (κ2) is 6.12. The van der Waals surface area contributed by atoms with Crippen LogP contribution in [0, 0.1) is 13.8 Å². The Hall–Kier alpha value is -1.19. The van der Waals surface area contributed by atoms with Crippen molar-refractivity contribution in [1.82, 2.24) is 5.32 Å². The minimum absolute atomic E-state index is 0.0515. The highest BCUT2D eigenvalue weighted by atomic mass is 16.5. The molecular weight excluding hydrogens is 226 g/mol. The highest BCUT2D eigenvalue weighted by Crippen LogP contribution is 2.15. The van der Waals surface area contributed by atoms with Crippen molar-refractivity contribution in [2.75, 3.05) is 19.7 Å². The average Bonchev–Trinajstić information content (AvgIpc) is 2.35. The van der Waals surface area contributed by atoms with Gasteiger partial charge in [-0.2, -0.15) is 0 Å². The Balaban J connectivity index is 1.94. The van der Waals surface area contributed by atoms with Crippen LogP contribution in [-0.4, -0.2) is 31.6 Å². The zero-order valence-electron chi connectivity index (χ0n) is 11.2. The third-order valence-electron chi connectivity index (χ3n) is 3.48. The molecule has 1 saturated heterocycles. The van der Waals surface area contributed by atoms with Crippen LogP contribution in [0.1, 0.15) is 23.1 Å². The molecule has 18 heavy (non-hydrogen) atoms. The topological polar surface area (TPSA) is 38.3 Å². The van der Waals surface area contributed by atoms with E-state index in [1.807, 2.05) is 6.07 Å². The number of benzene rings is 1. The van der Waals surface area contributed by atoms with Gasteiger partial charge in [0, 0.05) is 25.9 Å². The van der Waals surface area contributed by atoms with Gasteiger partial charge >= 0.3 is 0 Å². The van der Waals surface area contributed by atoms with Crippen LogP contribution in [0.25, 0.3) is 0 Å². The Morgan fingerprint density at radius 1 is 1.39 bits per heavy atom. The van der Waals surface area contributed by atoms with Crippen molar-refractivity contribution in [2.24, 2.45) is 0 Å². The molecule has 0 aromatic heterocycles. The normalized spacial score (nSPS) is 19.8. The molecule has 3 heteroatoms. The molecule has 1 aromatic rings. The lowest BCUT2D eigenvalue weighted by Crippen LogP contribution is -2.39. The lowest BCUT2D eigenvalue weighted by molar-refractivity contribution is -0.121. The number of ether oxygens (including phenoxy) is 1. The molecule has 1 N–H and O–H groups in total. The van der Waals surface area contributed by atoms with E-state index in [2.05, 4.69) is 31.3 Å². The Labute approximate surface area is 109 Å². The Kier molecular flexibility index (Phi) is 4.50. The van der Waals surface area contributed by atoms with Crippen LogP contribution in [0.5, 0.6) is 0 Å². The van der Waals surface area contributed by atoms with Gasteiger partial charge < -0.3 is 10.1 Å². The van der Waals surface area contributed by atoms with Gasteiger partial charge in [0.15, 0.2) is 0 Å². The number of ketones is 1. The van der Waals surface area contributed by atoms with Gasteiger partial charge in [-0.15, -0.1) is 0 Å². The number of aryl methyl sites for hydroxylation is 2. The number of Topliss-reactive ketones (excluding diaryl/α,β-unsaturated/α-hetero) is 1. The van der Waals surface area contributed by atoms with Crippen molar-refractivity contribution in [2.45, 2.75) is 32.8 Å². The van der Waals surface area contributed by atoms with E-state index in [1.54, 1.807) is 0 Å². The number of carbonyl (C=O) groups excluding carboxylic acids is 1. The number of carbonyl (C=O) groups is 1. The number of morpholine rings is 1. The molecule has 0 spiro atoms. The predicted molar refractivity (Wildman–Crippen MR) is 71.9 cm³/mol. The van der Waals surface area contributed by atoms with Crippen molar-refractivity contribution in [3.63, 3.8) is 0 Å². The molecule has 1 fully saturated rings. The Morgan fingerprint density at radius 2 is 2.11 bits per heavy atom. The first-order chi connectivity index (χ1) is 8.66. The summed E-state index contributed by atoms with van der Waals surface area (Å²) in [6.45, 7) is 6.52. The number of hydrogen-bond donors (Lipinski definition) is 1. The smallest absolute Gasteiger partial charge is 0.139 e. The van der Waals surface area contributed by atoms with Crippen LogP contribution >= 0.6 is 0 Å². The average molecular weight is 247 g/mol. The maximum absolute atomic E-state index is 12.1. The molecule has 0 saturated carbocycles. The molecule has 1 aliphatic heterocycles. The quantitative estimate of drug-likeness (QED) is 0.881. The first kappa shape index (κ1) is 13.2. The molecule has 98 valence electrons. The highest BCUT2D eigenvalue weighted by Gasteiger charge is 2.18. The van der Waals surface area contributed by atoms with E-state index >= 15 is 0 Å². The van der Waals surface area contributed by atoms with Gasteiger partial charge in [0.25, 0.3) is 0 Å². The van der Waals surface area contributed by atoms with Gasteiger partial charge in [0.05, 0.1) is 12.7 Å². The van der Waals surface area contributed by atoms with Crippen molar-refractivity contribution in [3.05, 3.63) is 34.9 Å². The van der Waals surface area contributed by atoms with Gasteiger partial charge in [-0.05, 0) is 30.5 Å². The fourth-order valence-corrected chi connectivity index (χ4v) is 2.40. The summed E-state index contributed by atoms with van der Waals surface area (Å²) in [6, 6.07) is 6.16. The summed E-state index contributed by atoms with van der Waals surface area (Å²) in [5.41, 5.74) is 3.57. The minimum Gasteiger partial charge on any atom is -0.375 e. The fourth-order valence-electron chi connectivity index (χ4n) is 2.40. The van der Waals surface area contributed by atoms with E-state index in [-0.39, 0.29) is 11.9 Å². The summed E-state index contributed by atoms with van der Waals surface area (Å²) in [4.78, 5) is 12.1. The predicted octanol–water partition coefficient (Wildman–Crippen LogP) is 1.79. The number of nitrogens with one attached hydrogen (secondary N) is 1. The maximum Gasteiger partial charge on any atom is 0.139 e. The zero-order valence-corrected chi connectivity index (χ0v) is 11.2. The number of rotatable bonds is 4. The van der Waals surface area contributed by atoms with Crippen LogP contribution in [0.2, 0.25) is 0 Å². The van der Waals surface area contributed by atoms with E-state index in [1.165, 1.54) is 16.7 Å². The van der Waals surface area contributed by atoms with Gasteiger partial charge in [0.1, 0.15) is 5.78 Å². The molecule has 0 bridgehead atoms. The summed E-state index contributed by atoms with van der Waals surface area (Å²) >= 11 is 0. The molecule has 0 amide bonds. The van der Waals surface area contributed by atoms with Crippen molar-refractivity contribution >= 4 is 5.78 Å². The molecule has 1 aromatic carbocycles. The van der Waals surface area contributed by atoms with Crippen molar-refractivity contribution < 1.29 is 9.53 Å². The van der Waals surface area contributed by atoms with Gasteiger partial charge in [-0.25, -0.2) is 0 Å². The van der Waals surface area contributed by atoms with Crippen LogP contribution in [-0.2, 0) is 16.0 Å². The molecule has 3 nitrogen and oxygen atoms in total. The van der Waals surface area contributed by atoms with Crippen LogP contribution in [0.15, 0.2) is 18.2 Å². The van der Waals surface area contributed by atoms with E-state index in [0.29, 0.717) is 19.4 Å². The first-order valence-electron chi connectivity index (χ1n) is 6.56. The lowest BCUT2D eigenvalue weighted by atomic mass is 9.96. The molecule has 0 aliphatic carbocycles. The highest BCUT2D eigenvalue weighted by molar-refractivity contribution is 5.82. The van der Waals surface area contributed by atoms with Gasteiger partial charge in [-0.1, -0.05) is 18.2 Å². The van der Waals surface area contributed by atoms with E-state index in [4.69, 9.17) is 4.74 Å². The first-order valence-corrected chi connectivity index (χ1v) is 6.56. The molecule has 1 heterocycles. The van der Waals surface area contributed by atoms with Crippen LogP contribution < -0.4 is 5.32 Å². The standard InChI is InChI=1S/C15H21NO2/c1-11-4-3-5-12(2)15(11)9-13(17)8-14-10-16-6-7-18-14/h3-5,14,16H,6-10H2,1-2H3. The molecule has 2 rings (SSSR count). The summed E-state index contributed by atoms with van der Waals surface area (Å²) in [5.74, 6) is 0.265. The zero-order chi connectivity index (χ0) is 13.0. The molecule has 1 unspecified atom stereocenters. The third-order valence-corrected chi connectivity index (χ3v) is 3.48. The second-order valence-corrected chi connectivity index (χ2v) is 4.99. The summed E-state index contributed by atoms with van der Waals surface area (Å²) in [5, 5.41) is 3.25. The molecule has 1 aliphatic rings. The molecular formula is C15H21NO2. The molecule has 0 radical (unpaired) electrons. The van der Waals surface area contributed by atoms with E-state index in [9.17, 15) is 4.79 Å². The van der Waals surface area contributed by atoms with Crippen LogP contribution in [0.3, 0.4) is 0 Å². The summed E-state index contributed by atoms with van der Waals surface area (Å²) in [6.07, 6.45) is 1.09. The summed E-state index contributed by atoms with van der Waals surface area (Å²) < 4.78 is 5.56.